The summed E-state index contributed by atoms with van der Waals surface area (Å²) >= 11 is 1.90. The van der Waals surface area contributed by atoms with E-state index in [9.17, 15) is 8.42 Å². The zero-order chi connectivity index (χ0) is 13.5. The third-order valence-electron chi connectivity index (χ3n) is 3.38. The fraction of sp³-hybridized carbons (Fsp3) is 0.462. The maximum Gasteiger partial charge on any atom is 0.177 e. The van der Waals surface area contributed by atoms with Gasteiger partial charge in [-0.2, -0.15) is 11.8 Å². The molecule has 2 aromatic rings. The zero-order valence-corrected chi connectivity index (χ0v) is 12.4. The fourth-order valence-corrected chi connectivity index (χ4v) is 4.52. The summed E-state index contributed by atoms with van der Waals surface area (Å²) in [5.41, 5.74) is 1.38. The number of H-pyrrole nitrogens is 1. The van der Waals surface area contributed by atoms with Crippen molar-refractivity contribution < 1.29 is 8.42 Å². The number of hydrogen-bond donors (Lipinski definition) is 1. The third-order valence-corrected chi connectivity index (χ3v) is 5.89. The topological polar surface area (TPSA) is 62.8 Å². The van der Waals surface area contributed by atoms with E-state index in [0.717, 1.165) is 23.5 Å². The number of rotatable bonds is 2. The molecule has 3 rings (SSSR count). The molecule has 6 heteroatoms. The van der Waals surface area contributed by atoms with Gasteiger partial charge < -0.3 is 4.98 Å². The van der Waals surface area contributed by atoms with Gasteiger partial charge in [-0.05, 0) is 30.7 Å². The predicted octanol–water partition coefficient (Wildman–Crippen LogP) is 2.92. The quantitative estimate of drug-likeness (QED) is 0.925. The SMILES string of the molecule is CS(=O)(=O)c1cccc2[nH]c(C3CCCCS3)nc12. The lowest BCUT2D eigenvalue weighted by Gasteiger charge is -2.18. The first-order valence-electron chi connectivity index (χ1n) is 6.36. The van der Waals surface area contributed by atoms with Crippen molar-refractivity contribution in [1.82, 2.24) is 9.97 Å². The summed E-state index contributed by atoms with van der Waals surface area (Å²) < 4.78 is 23.5. The molecule has 1 saturated heterocycles. The molecule has 1 aliphatic heterocycles. The number of fused-ring (bicyclic) bond motifs is 1. The van der Waals surface area contributed by atoms with E-state index in [4.69, 9.17) is 0 Å². The Bertz CT molecular complexity index is 701. The molecular formula is C13H16N2O2S2. The van der Waals surface area contributed by atoms with Crippen molar-refractivity contribution in [2.45, 2.75) is 29.4 Å². The van der Waals surface area contributed by atoms with Gasteiger partial charge in [0.25, 0.3) is 0 Å². The number of aromatic amines is 1. The highest BCUT2D eigenvalue weighted by molar-refractivity contribution is 7.99. The molecule has 2 heterocycles. The highest BCUT2D eigenvalue weighted by atomic mass is 32.2. The molecule has 1 N–H and O–H groups in total. The van der Waals surface area contributed by atoms with Gasteiger partial charge in [0.1, 0.15) is 11.3 Å². The highest BCUT2D eigenvalue weighted by Crippen LogP contribution is 2.38. The molecule has 1 aromatic heterocycles. The number of sulfone groups is 1. The Kier molecular flexibility index (Phi) is 3.30. The van der Waals surface area contributed by atoms with Crippen LogP contribution in [0.3, 0.4) is 0 Å². The van der Waals surface area contributed by atoms with Crippen LogP contribution in [-0.4, -0.2) is 30.4 Å². The zero-order valence-electron chi connectivity index (χ0n) is 10.7. The van der Waals surface area contributed by atoms with Gasteiger partial charge in [0.05, 0.1) is 15.7 Å². The van der Waals surface area contributed by atoms with Gasteiger partial charge in [-0.3, -0.25) is 0 Å². The van der Waals surface area contributed by atoms with Crippen LogP contribution in [0.25, 0.3) is 11.0 Å². The molecule has 0 bridgehead atoms. The second-order valence-electron chi connectivity index (χ2n) is 4.90. The monoisotopic (exact) mass is 296 g/mol. The first kappa shape index (κ1) is 13.0. The standard InChI is InChI=1S/C13H16N2O2S2/c1-19(16,17)11-7-4-5-9-12(11)15-13(14-9)10-6-2-3-8-18-10/h4-5,7,10H,2-3,6,8H2,1H3,(H,14,15). The van der Waals surface area contributed by atoms with Gasteiger partial charge in [-0.15, -0.1) is 0 Å². The van der Waals surface area contributed by atoms with Gasteiger partial charge >= 0.3 is 0 Å². The number of hydrogen-bond acceptors (Lipinski definition) is 4. The lowest BCUT2D eigenvalue weighted by Crippen LogP contribution is -2.03. The van der Waals surface area contributed by atoms with Crippen LogP contribution < -0.4 is 0 Å². The van der Waals surface area contributed by atoms with Crippen LogP contribution in [0.2, 0.25) is 0 Å². The van der Waals surface area contributed by atoms with E-state index >= 15 is 0 Å². The average Bonchev–Trinajstić information content (AvgIpc) is 2.82. The summed E-state index contributed by atoms with van der Waals surface area (Å²) in [6.07, 6.45) is 4.81. The number of nitrogens with one attached hydrogen (secondary N) is 1. The number of benzene rings is 1. The first-order chi connectivity index (χ1) is 9.05. The summed E-state index contributed by atoms with van der Waals surface area (Å²) in [5.74, 6) is 2.07. The maximum atomic E-state index is 11.8. The summed E-state index contributed by atoms with van der Waals surface area (Å²) in [6.45, 7) is 0. The molecule has 0 radical (unpaired) electrons. The summed E-state index contributed by atoms with van der Waals surface area (Å²) in [6, 6.07) is 5.26. The van der Waals surface area contributed by atoms with E-state index in [0.29, 0.717) is 15.7 Å². The van der Waals surface area contributed by atoms with Gasteiger partial charge in [-0.1, -0.05) is 12.5 Å². The summed E-state index contributed by atoms with van der Waals surface area (Å²) in [5, 5.41) is 0.369. The van der Waals surface area contributed by atoms with Crippen LogP contribution in [0.4, 0.5) is 0 Å². The van der Waals surface area contributed by atoms with Crippen molar-refractivity contribution in [3.05, 3.63) is 24.0 Å². The molecule has 1 aromatic carbocycles. The number of imidazole rings is 1. The van der Waals surface area contributed by atoms with Gasteiger partial charge in [0, 0.05) is 6.26 Å². The van der Waals surface area contributed by atoms with E-state index in [-0.39, 0.29) is 0 Å². The molecule has 4 nitrogen and oxygen atoms in total. The Morgan fingerprint density at radius 1 is 1.37 bits per heavy atom. The lowest BCUT2D eigenvalue weighted by atomic mass is 10.2. The first-order valence-corrected chi connectivity index (χ1v) is 9.30. The van der Waals surface area contributed by atoms with Gasteiger partial charge in [0.2, 0.25) is 0 Å². The minimum Gasteiger partial charge on any atom is -0.341 e. The lowest BCUT2D eigenvalue weighted by molar-refractivity contribution is 0.602. The molecule has 102 valence electrons. The maximum absolute atomic E-state index is 11.8. The van der Waals surface area contributed by atoms with Crippen LogP contribution in [0, 0.1) is 0 Å². The third kappa shape index (κ3) is 2.51. The van der Waals surface area contributed by atoms with Crippen molar-refractivity contribution >= 4 is 32.6 Å². The molecule has 1 fully saturated rings. The Morgan fingerprint density at radius 2 is 2.21 bits per heavy atom. The van der Waals surface area contributed by atoms with Crippen LogP contribution in [-0.2, 0) is 9.84 Å². The van der Waals surface area contributed by atoms with Crippen LogP contribution in [0.5, 0.6) is 0 Å². The van der Waals surface area contributed by atoms with E-state index in [1.807, 2.05) is 17.8 Å². The molecule has 1 aliphatic rings. The number of aromatic nitrogens is 2. The second kappa shape index (κ2) is 4.83. The van der Waals surface area contributed by atoms with E-state index in [1.165, 1.54) is 19.1 Å². The molecule has 0 saturated carbocycles. The van der Waals surface area contributed by atoms with Crippen molar-refractivity contribution in [3.63, 3.8) is 0 Å². The Balaban J connectivity index is 2.10. The fourth-order valence-electron chi connectivity index (χ4n) is 2.43. The van der Waals surface area contributed by atoms with Gasteiger partial charge in [0.15, 0.2) is 9.84 Å². The highest BCUT2D eigenvalue weighted by Gasteiger charge is 2.21. The normalized spacial score (nSPS) is 20.8. The van der Waals surface area contributed by atoms with Gasteiger partial charge in [-0.25, -0.2) is 13.4 Å². The number of thioether (sulfide) groups is 1. The van der Waals surface area contributed by atoms with Crippen LogP contribution >= 0.6 is 11.8 Å². The number of nitrogens with zero attached hydrogens (tertiary/aromatic N) is 1. The van der Waals surface area contributed by atoms with Crippen molar-refractivity contribution in [2.24, 2.45) is 0 Å². The molecule has 1 atom stereocenters. The molecule has 0 aliphatic carbocycles. The minimum absolute atomic E-state index is 0.313. The molecular weight excluding hydrogens is 280 g/mol. The molecule has 19 heavy (non-hydrogen) atoms. The van der Waals surface area contributed by atoms with Crippen molar-refractivity contribution in [1.29, 1.82) is 0 Å². The van der Waals surface area contributed by atoms with Crippen LogP contribution in [0.1, 0.15) is 30.3 Å². The van der Waals surface area contributed by atoms with Crippen LogP contribution in [0.15, 0.2) is 23.1 Å². The largest absolute Gasteiger partial charge is 0.341 e. The van der Waals surface area contributed by atoms with E-state index < -0.39 is 9.84 Å². The second-order valence-corrected chi connectivity index (χ2v) is 8.20. The van der Waals surface area contributed by atoms with Crippen molar-refractivity contribution in [2.75, 3.05) is 12.0 Å². The summed E-state index contributed by atoms with van der Waals surface area (Å²) in [4.78, 5) is 8.14. The molecule has 0 spiro atoms. The van der Waals surface area contributed by atoms with Crippen molar-refractivity contribution in [3.8, 4) is 0 Å². The minimum atomic E-state index is -3.24. The Hall–Kier alpha value is -1.01. The molecule has 1 unspecified atom stereocenters. The van der Waals surface area contributed by atoms with E-state index in [2.05, 4.69) is 9.97 Å². The smallest absolute Gasteiger partial charge is 0.177 e. The number of para-hydroxylation sites is 1. The van der Waals surface area contributed by atoms with E-state index in [1.54, 1.807) is 12.1 Å². The Morgan fingerprint density at radius 3 is 2.89 bits per heavy atom. The Labute approximate surface area is 116 Å². The summed E-state index contributed by atoms with van der Waals surface area (Å²) in [7, 11) is -3.24. The average molecular weight is 296 g/mol. The molecule has 0 amide bonds. The predicted molar refractivity (Wildman–Crippen MR) is 78.3 cm³/mol.